The van der Waals surface area contributed by atoms with Crippen LogP contribution in [0.1, 0.15) is 22.5 Å². The fourth-order valence-corrected chi connectivity index (χ4v) is 0.933. The molecule has 0 saturated heterocycles. The van der Waals surface area contributed by atoms with Gasteiger partial charge in [-0.1, -0.05) is 5.16 Å². The highest BCUT2D eigenvalue weighted by Gasteiger charge is 2.11. The van der Waals surface area contributed by atoms with Crippen LogP contribution in [0.2, 0.25) is 0 Å². The first-order valence-corrected chi connectivity index (χ1v) is 3.79. The summed E-state index contributed by atoms with van der Waals surface area (Å²) in [6.07, 6.45) is 1.76. The summed E-state index contributed by atoms with van der Waals surface area (Å²) in [4.78, 5) is 11.1. The van der Waals surface area contributed by atoms with Crippen molar-refractivity contribution in [2.24, 2.45) is 0 Å². The maximum atomic E-state index is 11.1. The number of ketones is 1. The van der Waals surface area contributed by atoms with Gasteiger partial charge in [0, 0.05) is 17.9 Å². The zero-order valence-corrected chi connectivity index (χ0v) is 6.89. The summed E-state index contributed by atoms with van der Waals surface area (Å²) in [6, 6.07) is 0. The Hall–Kier alpha value is -0.830. The zero-order chi connectivity index (χ0) is 8.27. The summed E-state index contributed by atoms with van der Waals surface area (Å²) < 4.78 is 4.60. The molecule has 0 unspecified atom stereocenters. The van der Waals surface area contributed by atoms with Gasteiger partial charge in [0.25, 0.3) is 0 Å². The molecule has 0 radical (unpaired) electrons. The van der Waals surface area contributed by atoms with Gasteiger partial charge in [-0.3, -0.25) is 4.79 Å². The number of alkyl halides is 1. The number of hydrogen-bond donors (Lipinski definition) is 0. The monoisotopic (exact) mass is 173 g/mol. The standard InChI is InChI=1S/C7H8ClNO2/c1-5-4-11-9-7(5)6(10)2-3-8/h4H,2-3H2,1H3. The van der Waals surface area contributed by atoms with Crippen LogP contribution in [0, 0.1) is 6.92 Å². The molecule has 0 bridgehead atoms. The normalized spacial score (nSPS) is 10.0. The number of aromatic nitrogens is 1. The fourth-order valence-electron chi connectivity index (χ4n) is 0.761. The first-order chi connectivity index (χ1) is 5.25. The minimum Gasteiger partial charge on any atom is -0.364 e. The second-order valence-electron chi connectivity index (χ2n) is 2.21. The van der Waals surface area contributed by atoms with E-state index in [2.05, 4.69) is 9.68 Å². The van der Waals surface area contributed by atoms with Crippen molar-refractivity contribution in [3.05, 3.63) is 17.5 Å². The predicted octanol–water partition coefficient (Wildman–Crippen LogP) is 1.79. The molecular weight excluding hydrogens is 166 g/mol. The van der Waals surface area contributed by atoms with E-state index < -0.39 is 0 Å². The maximum absolute atomic E-state index is 11.1. The highest BCUT2D eigenvalue weighted by Crippen LogP contribution is 2.07. The van der Waals surface area contributed by atoms with Gasteiger partial charge in [0.2, 0.25) is 0 Å². The molecule has 0 atom stereocenters. The number of nitrogens with zero attached hydrogens (tertiary/aromatic N) is 1. The number of aryl methyl sites for hydroxylation is 1. The molecule has 0 saturated carbocycles. The van der Waals surface area contributed by atoms with E-state index in [4.69, 9.17) is 11.6 Å². The summed E-state index contributed by atoms with van der Waals surface area (Å²) >= 11 is 5.39. The molecule has 1 rings (SSSR count). The van der Waals surface area contributed by atoms with Gasteiger partial charge in [-0.05, 0) is 6.92 Å². The Morgan fingerprint density at radius 3 is 3.00 bits per heavy atom. The Morgan fingerprint density at radius 2 is 2.55 bits per heavy atom. The average molecular weight is 174 g/mol. The van der Waals surface area contributed by atoms with Crippen molar-refractivity contribution >= 4 is 17.4 Å². The molecule has 0 aromatic carbocycles. The van der Waals surface area contributed by atoms with E-state index in [1.807, 2.05) is 0 Å². The Morgan fingerprint density at radius 1 is 1.82 bits per heavy atom. The lowest BCUT2D eigenvalue weighted by Crippen LogP contribution is -2.01. The van der Waals surface area contributed by atoms with Crippen LogP contribution in [0.4, 0.5) is 0 Å². The van der Waals surface area contributed by atoms with Crippen LogP contribution < -0.4 is 0 Å². The molecule has 1 aromatic heterocycles. The minimum atomic E-state index is -0.0637. The first kappa shape index (κ1) is 8.27. The molecule has 4 heteroatoms. The van der Waals surface area contributed by atoms with Crippen molar-refractivity contribution < 1.29 is 9.32 Å². The Kier molecular flexibility index (Phi) is 2.65. The second-order valence-corrected chi connectivity index (χ2v) is 2.59. The molecular formula is C7H8ClNO2. The van der Waals surface area contributed by atoms with E-state index in [1.165, 1.54) is 6.26 Å². The molecule has 0 N–H and O–H groups in total. The van der Waals surface area contributed by atoms with Crippen LogP contribution in [-0.2, 0) is 0 Å². The van der Waals surface area contributed by atoms with Gasteiger partial charge < -0.3 is 4.52 Å². The summed E-state index contributed by atoms with van der Waals surface area (Å²) in [5, 5.41) is 3.55. The molecule has 1 heterocycles. The van der Waals surface area contributed by atoms with Crippen molar-refractivity contribution in [3.8, 4) is 0 Å². The third-order valence-electron chi connectivity index (χ3n) is 1.33. The lowest BCUT2D eigenvalue weighted by molar-refractivity contribution is 0.0980. The quantitative estimate of drug-likeness (QED) is 0.517. The molecule has 0 fully saturated rings. The van der Waals surface area contributed by atoms with E-state index in [1.54, 1.807) is 6.92 Å². The second kappa shape index (κ2) is 3.53. The van der Waals surface area contributed by atoms with Crippen molar-refractivity contribution in [3.63, 3.8) is 0 Å². The Bertz CT molecular complexity index is 257. The van der Waals surface area contributed by atoms with Crippen molar-refractivity contribution in [2.75, 3.05) is 5.88 Å². The fraction of sp³-hybridized carbons (Fsp3) is 0.429. The van der Waals surface area contributed by atoms with Gasteiger partial charge in [-0.2, -0.15) is 0 Å². The molecule has 0 aliphatic heterocycles. The van der Waals surface area contributed by atoms with Crippen molar-refractivity contribution in [1.82, 2.24) is 5.16 Å². The van der Waals surface area contributed by atoms with E-state index in [0.717, 1.165) is 5.56 Å². The number of hydrogen-bond acceptors (Lipinski definition) is 3. The maximum Gasteiger partial charge on any atom is 0.186 e. The highest BCUT2D eigenvalue weighted by atomic mass is 35.5. The summed E-state index contributed by atoms with van der Waals surface area (Å²) in [5.74, 6) is 0.261. The first-order valence-electron chi connectivity index (χ1n) is 3.26. The van der Waals surface area contributed by atoms with Gasteiger partial charge in [-0.15, -0.1) is 11.6 Å². The summed E-state index contributed by atoms with van der Waals surface area (Å²) in [6.45, 7) is 1.78. The molecule has 0 aliphatic rings. The van der Waals surface area contributed by atoms with Gasteiger partial charge in [0.1, 0.15) is 6.26 Å². The molecule has 11 heavy (non-hydrogen) atoms. The predicted molar refractivity (Wildman–Crippen MR) is 40.9 cm³/mol. The SMILES string of the molecule is Cc1conc1C(=O)CCCl. The lowest BCUT2D eigenvalue weighted by Gasteiger charge is -1.91. The van der Waals surface area contributed by atoms with Crippen LogP contribution in [0.25, 0.3) is 0 Å². The average Bonchev–Trinajstić information content (AvgIpc) is 2.36. The Balaban J connectivity index is 2.76. The summed E-state index contributed by atoms with van der Waals surface area (Å²) in [7, 11) is 0. The van der Waals surface area contributed by atoms with E-state index >= 15 is 0 Å². The minimum absolute atomic E-state index is 0.0637. The van der Waals surface area contributed by atoms with Gasteiger partial charge >= 0.3 is 0 Å². The molecule has 0 spiro atoms. The zero-order valence-electron chi connectivity index (χ0n) is 6.13. The molecule has 1 aromatic rings. The Labute approximate surface area is 69.3 Å². The van der Waals surface area contributed by atoms with Crippen LogP contribution in [0.3, 0.4) is 0 Å². The number of rotatable bonds is 3. The van der Waals surface area contributed by atoms with Gasteiger partial charge in [-0.25, -0.2) is 0 Å². The highest BCUT2D eigenvalue weighted by molar-refractivity contribution is 6.19. The van der Waals surface area contributed by atoms with Crippen molar-refractivity contribution in [1.29, 1.82) is 0 Å². The summed E-state index contributed by atoms with van der Waals surface area (Å²) in [5.41, 5.74) is 1.16. The number of carbonyl (C=O) groups excluding carboxylic acids is 1. The topological polar surface area (TPSA) is 43.1 Å². The third kappa shape index (κ3) is 1.80. The van der Waals surface area contributed by atoms with Gasteiger partial charge in [0.05, 0.1) is 0 Å². The largest absolute Gasteiger partial charge is 0.364 e. The van der Waals surface area contributed by atoms with E-state index in [9.17, 15) is 4.79 Å². The number of halogens is 1. The molecule has 60 valence electrons. The van der Waals surface area contributed by atoms with E-state index in [-0.39, 0.29) is 5.78 Å². The lowest BCUT2D eigenvalue weighted by atomic mass is 10.2. The number of Topliss-reactive ketones (excluding diaryl/α,β-unsaturated/α-hetero) is 1. The van der Waals surface area contributed by atoms with Crippen LogP contribution in [0.15, 0.2) is 10.8 Å². The van der Waals surface area contributed by atoms with Gasteiger partial charge in [0.15, 0.2) is 11.5 Å². The molecule has 3 nitrogen and oxygen atoms in total. The third-order valence-corrected chi connectivity index (χ3v) is 1.52. The molecule has 0 amide bonds. The van der Waals surface area contributed by atoms with E-state index in [0.29, 0.717) is 18.0 Å². The van der Waals surface area contributed by atoms with Crippen LogP contribution in [0.5, 0.6) is 0 Å². The van der Waals surface area contributed by atoms with Crippen molar-refractivity contribution in [2.45, 2.75) is 13.3 Å². The van der Waals surface area contributed by atoms with Crippen LogP contribution in [-0.4, -0.2) is 16.8 Å². The smallest absolute Gasteiger partial charge is 0.186 e. The van der Waals surface area contributed by atoms with Crippen LogP contribution >= 0.6 is 11.6 Å². The number of carbonyl (C=O) groups is 1. The molecule has 0 aliphatic carbocycles.